The second kappa shape index (κ2) is 12.4. The fourth-order valence-corrected chi connectivity index (χ4v) is 7.27. The smallest absolute Gasteiger partial charge is 0.353 e. The first kappa shape index (κ1) is 27.7. The highest BCUT2D eigenvalue weighted by Crippen LogP contribution is 2.53. The van der Waals surface area contributed by atoms with Gasteiger partial charge in [-0.1, -0.05) is 33.6 Å². The summed E-state index contributed by atoms with van der Waals surface area (Å²) in [6.07, 6.45) is 7.55. The molecular weight excluding hydrogens is 468 g/mol. The second-order valence-corrected chi connectivity index (χ2v) is 11.6. The minimum Gasteiger partial charge on any atom is -0.477 e. The van der Waals surface area contributed by atoms with E-state index >= 15 is 0 Å². The average molecular weight is 509 g/mol. The number of nitrogens with one attached hydrogen (secondary N) is 2. The van der Waals surface area contributed by atoms with Crippen LogP contribution in [0.15, 0.2) is 10.6 Å². The molecule has 35 heavy (non-hydrogen) atoms. The van der Waals surface area contributed by atoms with Crippen molar-refractivity contribution in [1.29, 1.82) is 0 Å². The predicted molar refractivity (Wildman–Crippen MR) is 135 cm³/mol. The molecule has 0 radical (unpaired) electrons. The molecule has 1 aliphatic carbocycles. The van der Waals surface area contributed by atoms with Crippen molar-refractivity contribution in [3.8, 4) is 0 Å². The third kappa shape index (κ3) is 6.27. The number of carbonyl (C=O) groups excluding carboxylic acids is 3. The van der Waals surface area contributed by atoms with Gasteiger partial charge in [0.25, 0.3) is 0 Å². The molecule has 3 heterocycles. The van der Waals surface area contributed by atoms with Crippen molar-refractivity contribution < 1.29 is 24.3 Å². The SMILES string of the molecule is CCC(=O)C[C@H](C)[C@H]1C(=O)N2C(C(=O)O)=C(S[C@@H]3CN[C@H](CNC=O)C3)[C@H](C)[C@@H]12.NC1CCCC1. The zero-order valence-electron chi connectivity index (χ0n) is 21.0. The number of carboxylic acid groups (broad SMARTS) is 1. The number of nitrogens with two attached hydrogens (primary N) is 1. The molecule has 1 saturated carbocycles. The number of ketones is 1. The number of Topliss-reactive ketones (excluding diaryl/α,β-unsaturated/α-hetero) is 1. The molecule has 3 aliphatic heterocycles. The zero-order valence-corrected chi connectivity index (χ0v) is 21.8. The molecular formula is C25H40N4O5S. The molecule has 0 unspecified atom stereocenters. The summed E-state index contributed by atoms with van der Waals surface area (Å²) in [7, 11) is 0. The Morgan fingerprint density at radius 3 is 2.57 bits per heavy atom. The van der Waals surface area contributed by atoms with Gasteiger partial charge in [-0.2, -0.15) is 0 Å². The van der Waals surface area contributed by atoms with Crippen LogP contribution in [0, 0.1) is 17.8 Å². The van der Waals surface area contributed by atoms with Gasteiger partial charge in [0.15, 0.2) is 0 Å². The molecule has 4 aliphatic rings. The first-order valence-corrected chi connectivity index (χ1v) is 13.7. The molecule has 4 rings (SSSR count). The fourth-order valence-electron chi connectivity index (χ4n) is 5.75. The minimum absolute atomic E-state index is 0.0693. The highest BCUT2D eigenvalue weighted by molar-refractivity contribution is 8.03. The first-order valence-electron chi connectivity index (χ1n) is 12.8. The van der Waals surface area contributed by atoms with E-state index < -0.39 is 5.97 Å². The van der Waals surface area contributed by atoms with Crippen molar-refractivity contribution in [1.82, 2.24) is 15.5 Å². The molecule has 9 nitrogen and oxygen atoms in total. The lowest BCUT2D eigenvalue weighted by atomic mass is 9.73. The predicted octanol–water partition coefficient (Wildman–Crippen LogP) is 1.86. The summed E-state index contributed by atoms with van der Waals surface area (Å²) in [5.74, 6) is -1.59. The average Bonchev–Trinajstić information content (AvgIpc) is 3.53. The lowest BCUT2D eigenvalue weighted by Crippen LogP contribution is -2.62. The molecule has 2 saturated heterocycles. The summed E-state index contributed by atoms with van der Waals surface area (Å²) >= 11 is 1.54. The summed E-state index contributed by atoms with van der Waals surface area (Å²) in [4.78, 5) is 49.4. The number of amides is 2. The number of hydrogen-bond acceptors (Lipinski definition) is 7. The van der Waals surface area contributed by atoms with Gasteiger partial charge in [0.2, 0.25) is 12.3 Å². The monoisotopic (exact) mass is 508 g/mol. The molecule has 0 aromatic rings. The van der Waals surface area contributed by atoms with Crippen molar-refractivity contribution in [2.75, 3.05) is 13.1 Å². The quantitative estimate of drug-likeness (QED) is 0.259. The molecule has 0 aromatic carbocycles. The molecule has 196 valence electrons. The summed E-state index contributed by atoms with van der Waals surface area (Å²) < 4.78 is 0. The topological polar surface area (TPSA) is 142 Å². The van der Waals surface area contributed by atoms with E-state index in [1.807, 2.05) is 20.8 Å². The van der Waals surface area contributed by atoms with Crippen LogP contribution in [0.1, 0.15) is 65.7 Å². The van der Waals surface area contributed by atoms with Crippen LogP contribution in [-0.2, 0) is 19.2 Å². The van der Waals surface area contributed by atoms with E-state index in [-0.39, 0.29) is 52.5 Å². The molecule has 0 aromatic heterocycles. The van der Waals surface area contributed by atoms with Crippen molar-refractivity contribution >= 4 is 35.8 Å². The standard InChI is InChI=1S/C20H29N3O5S.C5H11N/c1-4-13(25)5-10(2)15-16-11(3)18(17(20(27)28)23(16)19(15)26)29-14-6-12(22-8-14)7-21-9-24;6-5-3-1-2-4-5/h9-12,14-16,22H,4-8H2,1-3H3,(H,21,24)(H,27,28);5H,1-4,6H2/t10-,11+,12-,14-,15+,16-;/m0./s1. The van der Waals surface area contributed by atoms with Gasteiger partial charge in [-0.05, 0) is 25.2 Å². The molecule has 3 fully saturated rings. The van der Waals surface area contributed by atoms with E-state index in [9.17, 15) is 24.3 Å². The number of β-lactam (4-membered cyclic amide) rings is 1. The number of aliphatic carboxylic acids is 1. The lowest BCUT2D eigenvalue weighted by molar-refractivity contribution is -0.160. The third-order valence-corrected chi connectivity index (χ3v) is 9.18. The number of carbonyl (C=O) groups is 4. The molecule has 0 bridgehead atoms. The maximum Gasteiger partial charge on any atom is 0.353 e. The number of nitrogens with zero attached hydrogens (tertiary/aromatic N) is 1. The van der Waals surface area contributed by atoms with Crippen LogP contribution in [0.4, 0.5) is 0 Å². The largest absolute Gasteiger partial charge is 0.477 e. The van der Waals surface area contributed by atoms with Crippen molar-refractivity contribution in [3.63, 3.8) is 0 Å². The van der Waals surface area contributed by atoms with E-state index in [0.29, 0.717) is 31.8 Å². The zero-order chi connectivity index (χ0) is 25.7. The molecule has 6 atom stereocenters. The summed E-state index contributed by atoms with van der Waals surface area (Å²) in [6, 6.07) is 0.525. The van der Waals surface area contributed by atoms with Gasteiger partial charge in [0.1, 0.15) is 11.5 Å². The van der Waals surface area contributed by atoms with Gasteiger partial charge in [-0.3, -0.25) is 14.4 Å². The van der Waals surface area contributed by atoms with Gasteiger partial charge in [-0.15, -0.1) is 11.8 Å². The van der Waals surface area contributed by atoms with Gasteiger partial charge >= 0.3 is 5.97 Å². The van der Waals surface area contributed by atoms with Crippen LogP contribution in [0.5, 0.6) is 0 Å². The highest BCUT2D eigenvalue weighted by atomic mass is 32.2. The molecule has 2 amide bonds. The number of rotatable bonds is 10. The van der Waals surface area contributed by atoms with Crippen molar-refractivity contribution in [2.24, 2.45) is 23.5 Å². The van der Waals surface area contributed by atoms with Crippen molar-refractivity contribution in [2.45, 2.75) is 89.1 Å². The maximum atomic E-state index is 12.8. The van der Waals surface area contributed by atoms with E-state index in [0.717, 1.165) is 17.9 Å². The Bertz CT molecular complexity index is 844. The minimum atomic E-state index is -1.07. The Labute approximate surface area is 212 Å². The lowest BCUT2D eigenvalue weighted by Gasteiger charge is -2.47. The van der Waals surface area contributed by atoms with Crippen LogP contribution < -0.4 is 16.4 Å². The second-order valence-electron chi connectivity index (χ2n) is 10.3. The van der Waals surface area contributed by atoms with Crippen LogP contribution >= 0.6 is 11.8 Å². The Balaban J connectivity index is 0.000000497. The molecule has 5 N–H and O–H groups in total. The van der Waals surface area contributed by atoms with Crippen LogP contribution in [0.25, 0.3) is 0 Å². The number of hydrogen-bond donors (Lipinski definition) is 4. The van der Waals surface area contributed by atoms with Gasteiger partial charge in [0.05, 0.1) is 12.0 Å². The van der Waals surface area contributed by atoms with E-state index in [4.69, 9.17) is 5.73 Å². The number of carboxylic acids is 1. The van der Waals surface area contributed by atoms with E-state index in [2.05, 4.69) is 10.6 Å². The Hall–Kier alpha value is -1.91. The van der Waals surface area contributed by atoms with E-state index in [1.54, 1.807) is 0 Å². The van der Waals surface area contributed by atoms with Crippen molar-refractivity contribution in [3.05, 3.63) is 10.6 Å². The number of thioether (sulfide) groups is 1. The highest BCUT2D eigenvalue weighted by Gasteiger charge is 2.60. The van der Waals surface area contributed by atoms with Crippen LogP contribution in [-0.4, -0.2) is 70.5 Å². The third-order valence-electron chi connectivity index (χ3n) is 7.67. The summed E-state index contributed by atoms with van der Waals surface area (Å²) in [6.45, 7) is 6.98. The maximum absolute atomic E-state index is 12.8. The Morgan fingerprint density at radius 1 is 1.34 bits per heavy atom. The summed E-state index contributed by atoms with van der Waals surface area (Å²) in [5.41, 5.74) is 5.64. The summed E-state index contributed by atoms with van der Waals surface area (Å²) in [5, 5.41) is 16.0. The number of fused-ring (bicyclic) bond motifs is 1. The molecule has 10 heteroatoms. The first-order chi connectivity index (χ1) is 16.7. The normalized spacial score (nSPS) is 30.9. The van der Waals surface area contributed by atoms with Gasteiger partial charge in [-0.25, -0.2) is 4.79 Å². The van der Waals surface area contributed by atoms with Gasteiger partial charge < -0.3 is 26.4 Å². The molecule has 0 spiro atoms. The Kier molecular flexibility index (Phi) is 9.77. The van der Waals surface area contributed by atoms with E-state index in [1.165, 1.54) is 42.3 Å². The van der Waals surface area contributed by atoms with Gasteiger partial charge in [0, 0.05) is 54.1 Å². The van der Waals surface area contributed by atoms with Crippen LogP contribution in [0.3, 0.4) is 0 Å². The fraction of sp³-hybridized carbons (Fsp3) is 0.760. The Morgan fingerprint density at radius 2 is 2.03 bits per heavy atom. The van der Waals surface area contributed by atoms with Crippen LogP contribution in [0.2, 0.25) is 0 Å².